The summed E-state index contributed by atoms with van der Waals surface area (Å²) in [6.45, 7) is 5.14. The van der Waals surface area contributed by atoms with Gasteiger partial charge in [0.05, 0.1) is 6.61 Å². The number of hydrogen-bond acceptors (Lipinski definition) is 3. The Morgan fingerprint density at radius 1 is 1.42 bits per heavy atom. The maximum Gasteiger partial charge on any atom is 0.131 e. The molecule has 0 amide bonds. The van der Waals surface area contributed by atoms with Gasteiger partial charge in [0.2, 0.25) is 0 Å². The minimum absolute atomic E-state index is 0. The summed E-state index contributed by atoms with van der Waals surface area (Å²) in [4.78, 5) is 0. The molecule has 2 aliphatic rings. The summed E-state index contributed by atoms with van der Waals surface area (Å²) in [6.07, 6.45) is 2.52. The predicted octanol–water partition coefficient (Wildman–Crippen LogP) is 0.496. The predicted molar refractivity (Wildman–Crippen MR) is 50.6 cm³/mol. The second-order valence-electron chi connectivity index (χ2n) is 3.53. The van der Waals surface area contributed by atoms with Crippen molar-refractivity contribution in [1.82, 2.24) is 10.6 Å². The van der Waals surface area contributed by atoms with Gasteiger partial charge < -0.3 is 10.1 Å². The van der Waals surface area contributed by atoms with Crippen molar-refractivity contribution in [1.29, 1.82) is 0 Å². The highest BCUT2D eigenvalue weighted by Gasteiger charge is 2.39. The van der Waals surface area contributed by atoms with Gasteiger partial charge in [-0.25, -0.2) is 0 Å². The number of hydrogen-bond donors (Lipinski definition) is 2. The molecule has 0 aromatic carbocycles. The molecule has 72 valence electrons. The molecule has 12 heavy (non-hydrogen) atoms. The van der Waals surface area contributed by atoms with E-state index in [1.165, 1.54) is 12.8 Å². The first-order chi connectivity index (χ1) is 5.31. The third-order valence-electron chi connectivity index (χ3n) is 2.71. The molecule has 2 unspecified atom stereocenters. The molecule has 2 aliphatic heterocycles. The van der Waals surface area contributed by atoms with E-state index < -0.39 is 0 Å². The number of rotatable bonds is 1. The topological polar surface area (TPSA) is 33.3 Å². The van der Waals surface area contributed by atoms with Crippen LogP contribution in [0.25, 0.3) is 0 Å². The van der Waals surface area contributed by atoms with Gasteiger partial charge in [-0.15, -0.1) is 12.4 Å². The molecule has 0 aromatic heterocycles. The van der Waals surface area contributed by atoms with Crippen LogP contribution in [-0.2, 0) is 4.74 Å². The van der Waals surface area contributed by atoms with Crippen LogP contribution in [-0.4, -0.2) is 31.5 Å². The zero-order chi connectivity index (χ0) is 7.73. The summed E-state index contributed by atoms with van der Waals surface area (Å²) in [5.41, 5.74) is -0.0868. The molecule has 2 atom stereocenters. The molecule has 0 aliphatic carbocycles. The highest BCUT2D eigenvalue weighted by molar-refractivity contribution is 5.85. The van der Waals surface area contributed by atoms with Crippen LogP contribution in [0, 0.1) is 0 Å². The summed E-state index contributed by atoms with van der Waals surface area (Å²) in [5.74, 6) is 0. The van der Waals surface area contributed by atoms with Gasteiger partial charge in [0, 0.05) is 12.6 Å². The van der Waals surface area contributed by atoms with E-state index in [4.69, 9.17) is 4.74 Å². The normalized spacial score (nSPS) is 41.2. The van der Waals surface area contributed by atoms with Crippen molar-refractivity contribution in [2.75, 3.05) is 19.7 Å². The van der Waals surface area contributed by atoms with Crippen molar-refractivity contribution in [3.8, 4) is 0 Å². The Balaban J connectivity index is 0.000000720. The van der Waals surface area contributed by atoms with Crippen molar-refractivity contribution >= 4 is 12.4 Å². The summed E-state index contributed by atoms with van der Waals surface area (Å²) in [5, 5.41) is 6.84. The van der Waals surface area contributed by atoms with E-state index in [1.807, 2.05) is 0 Å². The van der Waals surface area contributed by atoms with Crippen LogP contribution in [0.1, 0.15) is 19.8 Å². The van der Waals surface area contributed by atoms with E-state index in [0.29, 0.717) is 6.04 Å². The molecule has 0 spiro atoms. The van der Waals surface area contributed by atoms with Gasteiger partial charge >= 0.3 is 0 Å². The van der Waals surface area contributed by atoms with Crippen molar-refractivity contribution in [2.24, 2.45) is 0 Å². The number of nitrogens with one attached hydrogen (secondary N) is 2. The standard InChI is InChI=1S/C8H16N2O.ClH/c1-8(10-5-6-11-8)7-3-2-4-9-7;/h7,9-10H,2-6H2,1H3;1H. The van der Waals surface area contributed by atoms with Gasteiger partial charge in [-0.05, 0) is 26.3 Å². The zero-order valence-electron chi connectivity index (χ0n) is 7.43. The molecular weight excluding hydrogens is 176 g/mol. The van der Waals surface area contributed by atoms with E-state index in [1.54, 1.807) is 0 Å². The van der Waals surface area contributed by atoms with Gasteiger partial charge in [-0.3, -0.25) is 5.32 Å². The SMILES string of the molecule is CC1(C2CCCN2)NCCO1.Cl. The molecule has 2 heterocycles. The lowest BCUT2D eigenvalue weighted by Gasteiger charge is -2.30. The minimum Gasteiger partial charge on any atom is -0.358 e. The van der Waals surface area contributed by atoms with Gasteiger partial charge in [0.1, 0.15) is 5.72 Å². The van der Waals surface area contributed by atoms with Gasteiger partial charge in [0.15, 0.2) is 0 Å². The van der Waals surface area contributed by atoms with Gasteiger partial charge in [-0.2, -0.15) is 0 Å². The Hall–Kier alpha value is 0.170. The Morgan fingerprint density at radius 2 is 2.25 bits per heavy atom. The molecule has 0 aromatic rings. The molecule has 3 nitrogen and oxygen atoms in total. The first-order valence-electron chi connectivity index (χ1n) is 4.44. The molecule has 2 fully saturated rings. The molecule has 2 saturated heterocycles. The van der Waals surface area contributed by atoms with Crippen LogP contribution in [0.3, 0.4) is 0 Å². The maximum absolute atomic E-state index is 5.65. The van der Waals surface area contributed by atoms with Gasteiger partial charge in [-0.1, -0.05) is 0 Å². The Labute approximate surface area is 79.6 Å². The molecular formula is C8H17ClN2O. The lowest BCUT2D eigenvalue weighted by Crippen LogP contribution is -2.53. The number of halogens is 1. The average molecular weight is 193 g/mol. The first-order valence-corrected chi connectivity index (χ1v) is 4.44. The molecule has 0 bridgehead atoms. The monoisotopic (exact) mass is 192 g/mol. The van der Waals surface area contributed by atoms with Crippen LogP contribution in [0.2, 0.25) is 0 Å². The zero-order valence-corrected chi connectivity index (χ0v) is 8.25. The van der Waals surface area contributed by atoms with Crippen LogP contribution < -0.4 is 10.6 Å². The molecule has 4 heteroatoms. The highest BCUT2D eigenvalue weighted by Crippen LogP contribution is 2.22. The second kappa shape index (κ2) is 3.92. The maximum atomic E-state index is 5.65. The van der Waals surface area contributed by atoms with Crippen molar-refractivity contribution in [3.05, 3.63) is 0 Å². The van der Waals surface area contributed by atoms with Crippen molar-refractivity contribution < 1.29 is 4.74 Å². The molecule has 2 N–H and O–H groups in total. The summed E-state index contributed by atoms with van der Waals surface area (Å²) in [6, 6.07) is 0.519. The van der Waals surface area contributed by atoms with Crippen LogP contribution >= 0.6 is 12.4 Å². The van der Waals surface area contributed by atoms with E-state index in [2.05, 4.69) is 17.6 Å². The van der Waals surface area contributed by atoms with E-state index in [0.717, 1.165) is 19.7 Å². The second-order valence-corrected chi connectivity index (χ2v) is 3.53. The van der Waals surface area contributed by atoms with Crippen LogP contribution in [0.4, 0.5) is 0 Å². The third kappa shape index (κ3) is 1.74. The van der Waals surface area contributed by atoms with E-state index in [-0.39, 0.29) is 18.1 Å². The molecule has 0 saturated carbocycles. The lowest BCUT2D eigenvalue weighted by atomic mass is 10.1. The van der Waals surface area contributed by atoms with Crippen molar-refractivity contribution in [3.63, 3.8) is 0 Å². The summed E-state index contributed by atoms with van der Waals surface area (Å²) >= 11 is 0. The third-order valence-corrected chi connectivity index (χ3v) is 2.71. The van der Waals surface area contributed by atoms with Crippen molar-refractivity contribution in [2.45, 2.75) is 31.5 Å². The smallest absolute Gasteiger partial charge is 0.131 e. The minimum atomic E-state index is -0.0868. The fourth-order valence-corrected chi connectivity index (χ4v) is 1.99. The summed E-state index contributed by atoms with van der Waals surface area (Å²) < 4.78 is 5.65. The fraction of sp³-hybridized carbons (Fsp3) is 1.00. The Kier molecular flexibility index (Phi) is 3.35. The largest absolute Gasteiger partial charge is 0.358 e. The Morgan fingerprint density at radius 3 is 2.75 bits per heavy atom. The van der Waals surface area contributed by atoms with Crippen LogP contribution in [0.5, 0.6) is 0 Å². The fourth-order valence-electron chi connectivity index (χ4n) is 1.99. The van der Waals surface area contributed by atoms with Crippen LogP contribution in [0.15, 0.2) is 0 Å². The quantitative estimate of drug-likeness (QED) is 0.635. The Bertz CT molecular complexity index is 142. The van der Waals surface area contributed by atoms with Gasteiger partial charge in [0.25, 0.3) is 0 Å². The lowest BCUT2D eigenvalue weighted by molar-refractivity contribution is -0.0202. The first kappa shape index (κ1) is 10.3. The molecule has 0 radical (unpaired) electrons. The molecule has 2 rings (SSSR count). The highest BCUT2D eigenvalue weighted by atomic mass is 35.5. The van der Waals surface area contributed by atoms with E-state index >= 15 is 0 Å². The number of ether oxygens (including phenoxy) is 1. The average Bonchev–Trinajstić information content (AvgIpc) is 2.55. The summed E-state index contributed by atoms with van der Waals surface area (Å²) in [7, 11) is 0. The van der Waals surface area contributed by atoms with E-state index in [9.17, 15) is 0 Å².